The summed E-state index contributed by atoms with van der Waals surface area (Å²) in [5.41, 5.74) is 2.72. The predicted octanol–water partition coefficient (Wildman–Crippen LogP) is 6.66. The van der Waals surface area contributed by atoms with E-state index < -0.39 is 23.8 Å². The first-order chi connectivity index (χ1) is 19.4. The van der Waals surface area contributed by atoms with Crippen LogP contribution < -0.4 is 15.4 Å². The number of thioether (sulfide) groups is 1. The number of methoxy groups -OCH3 is 1. The average Bonchev–Trinajstić information content (AvgIpc) is 2.91. The lowest BCUT2D eigenvalue weighted by Gasteiger charge is -2.35. The highest BCUT2D eigenvalue weighted by molar-refractivity contribution is 7.98. The van der Waals surface area contributed by atoms with E-state index in [2.05, 4.69) is 17.6 Å². The molecule has 0 aliphatic heterocycles. The van der Waals surface area contributed by atoms with Gasteiger partial charge in [0.1, 0.15) is 23.4 Å². The molecule has 0 heterocycles. The standard InChI is InChI=1S/C32H47N3O5S/c1-9-10-11-19-35(30(37)27(18-20-41-8)34-31(38)40-32(4,5)6)28(24-13-12-22(2)23(3)21-24)29(36)33-25-14-16-26(39-7)17-15-25/h12-17,21,27-28H,9-11,18-20H2,1-8H3,(H,33,36)(H,34,38). The lowest BCUT2D eigenvalue weighted by atomic mass is 9.97. The number of aryl methyl sites for hydroxylation is 2. The zero-order chi connectivity index (χ0) is 30.6. The van der Waals surface area contributed by atoms with Crippen molar-refractivity contribution < 1.29 is 23.9 Å². The summed E-state index contributed by atoms with van der Waals surface area (Å²) in [5, 5.41) is 5.80. The number of anilines is 1. The molecule has 3 amide bonds. The smallest absolute Gasteiger partial charge is 0.408 e. The molecule has 0 bridgehead atoms. The molecule has 2 aromatic carbocycles. The van der Waals surface area contributed by atoms with Crippen molar-refractivity contribution in [3.8, 4) is 5.75 Å². The van der Waals surface area contributed by atoms with Crippen LogP contribution in [0.25, 0.3) is 0 Å². The van der Waals surface area contributed by atoms with Crippen molar-refractivity contribution >= 4 is 35.4 Å². The van der Waals surface area contributed by atoms with Gasteiger partial charge in [0.25, 0.3) is 5.91 Å². The number of nitrogens with zero attached hydrogens (tertiary/aromatic N) is 1. The maximum Gasteiger partial charge on any atom is 0.408 e. The van der Waals surface area contributed by atoms with Gasteiger partial charge in [0.2, 0.25) is 5.91 Å². The summed E-state index contributed by atoms with van der Waals surface area (Å²) in [4.78, 5) is 42.7. The number of ether oxygens (including phenoxy) is 2. The number of rotatable bonds is 14. The summed E-state index contributed by atoms with van der Waals surface area (Å²) in [7, 11) is 1.59. The molecular weight excluding hydrogens is 538 g/mol. The second kappa shape index (κ2) is 16.3. The van der Waals surface area contributed by atoms with Gasteiger partial charge in [-0.3, -0.25) is 9.59 Å². The molecule has 0 spiro atoms. The minimum absolute atomic E-state index is 0.311. The molecule has 2 N–H and O–H groups in total. The molecule has 8 nitrogen and oxygen atoms in total. The highest BCUT2D eigenvalue weighted by atomic mass is 32.2. The number of amides is 3. The van der Waals surface area contributed by atoms with Crippen molar-refractivity contribution in [2.75, 3.05) is 31.0 Å². The molecule has 9 heteroatoms. The van der Waals surface area contributed by atoms with Gasteiger partial charge in [-0.25, -0.2) is 4.79 Å². The van der Waals surface area contributed by atoms with E-state index >= 15 is 0 Å². The number of carbonyl (C=O) groups is 3. The fraction of sp³-hybridized carbons (Fsp3) is 0.531. The summed E-state index contributed by atoms with van der Waals surface area (Å²) < 4.78 is 10.7. The van der Waals surface area contributed by atoms with Crippen molar-refractivity contribution in [2.24, 2.45) is 0 Å². The summed E-state index contributed by atoms with van der Waals surface area (Å²) in [6.07, 6.45) is 4.29. The van der Waals surface area contributed by atoms with Crippen LogP contribution in [0.5, 0.6) is 5.75 Å². The monoisotopic (exact) mass is 585 g/mol. The van der Waals surface area contributed by atoms with Crippen LogP contribution in [0.3, 0.4) is 0 Å². The van der Waals surface area contributed by atoms with E-state index in [1.807, 2.05) is 38.3 Å². The Morgan fingerprint density at radius 1 is 1.00 bits per heavy atom. The van der Waals surface area contributed by atoms with Gasteiger partial charge in [-0.1, -0.05) is 38.0 Å². The van der Waals surface area contributed by atoms with Gasteiger partial charge in [-0.15, -0.1) is 0 Å². The number of unbranched alkanes of at least 4 members (excludes halogenated alkanes) is 2. The number of carbonyl (C=O) groups excluding carboxylic acids is 3. The van der Waals surface area contributed by atoms with Gasteiger partial charge in [-0.2, -0.15) is 11.8 Å². The number of benzene rings is 2. The Labute approximate surface area is 249 Å². The number of alkyl carbamates (subject to hydrolysis) is 1. The van der Waals surface area contributed by atoms with E-state index in [0.717, 1.165) is 30.4 Å². The van der Waals surface area contributed by atoms with Crippen molar-refractivity contribution in [2.45, 2.75) is 84.9 Å². The highest BCUT2D eigenvalue weighted by Crippen LogP contribution is 2.28. The number of hydrogen-bond acceptors (Lipinski definition) is 6. The Morgan fingerprint density at radius 3 is 2.24 bits per heavy atom. The van der Waals surface area contributed by atoms with Crippen LogP contribution in [0.15, 0.2) is 42.5 Å². The van der Waals surface area contributed by atoms with Crippen LogP contribution in [0.2, 0.25) is 0 Å². The van der Waals surface area contributed by atoms with Crippen molar-refractivity contribution in [1.82, 2.24) is 10.2 Å². The Morgan fingerprint density at radius 2 is 1.68 bits per heavy atom. The molecule has 226 valence electrons. The van der Waals surface area contributed by atoms with Crippen LogP contribution in [0.1, 0.15) is 76.1 Å². The van der Waals surface area contributed by atoms with Crippen LogP contribution in [0.4, 0.5) is 10.5 Å². The zero-order valence-electron chi connectivity index (χ0n) is 25.8. The fourth-order valence-electron chi connectivity index (χ4n) is 4.33. The number of nitrogens with one attached hydrogen (secondary N) is 2. The first kappa shape index (κ1) is 34.0. The average molecular weight is 586 g/mol. The predicted molar refractivity (Wildman–Crippen MR) is 168 cm³/mol. The quantitative estimate of drug-likeness (QED) is 0.241. The fourth-order valence-corrected chi connectivity index (χ4v) is 4.81. The van der Waals surface area contributed by atoms with Gasteiger partial charge in [0, 0.05) is 12.2 Å². The molecule has 2 atom stereocenters. The largest absolute Gasteiger partial charge is 0.497 e. The third kappa shape index (κ3) is 10.9. The molecule has 0 fully saturated rings. The van der Waals surface area contributed by atoms with Gasteiger partial charge in [0.05, 0.1) is 7.11 Å². The lowest BCUT2D eigenvalue weighted by molar-refractivity contribution is -0.141. The van der Waals surface area contributed by atoms with Gasteiger partial charge in [-0.05, 0) is 100 Å². The van der Waals surface area contributed by atoms with Crippen LogP contribution in [-0.4, -0.2) is 60.1 Å². The Hall–Kier alpha value is -3.20. The van der Waals surface area contributed by atoms with E-state index in [-0.39, 0.29) is 11.8 Å². The summed E-state index contributed by atoms with van der Waals surface area (Å²) in [6.45, 7) is 11.8. The molecule has 0 saturated heterocycles. The van der Waals surface area contributed by atoms with Crippen molar-refractivity contribution in [3.63, 3.8) is 0 Å². The molecule has 41 heavy (non-hydrogen) atoms. The SMILES string of the molecule is CCCCCN(C(=O)C(CCSC)NC(=O)OC(C)(C)C)C(C(=O)Nc1ccc(OC)cc1)c1ccc(C)c(C)c1. The minimum Gasteiger partial charge on any atom is -0.497 e. The van der Waals surface area contributed by atoms with Crippen molar-refractivity contribution in [1.29, 1.82) is 0 Å². The molecule has 2 rings (SSSR count). The Balaban J connectivity index is 2.54. The van der Waals surface area contributed by atoms with E-state index in [4.69, 9.17) is 9.47 Å². The normalized spacial score (nSPS) is 12.7. The van der Waals surface area contributed by atoms with Crippen LogP contribution in [0, 0.1) is 13.8 Å². The van der Waals surface area contributed by atoms with E-state index in [9.17, 15) is 14.4 Å². The third-order valence-corrected chi connectivity index (χ3v) is 7.29. The summed E-state index contributed by atoms with van der Waals surface area (Å²) in [6, 6.07) is 11.2. The molecular formula is C32H47N3O5S. The van der Waals surface area contributed by atoms with Gasteiger partial charge < -0.3 is 25.0 Å². The summed E-state index contributed by atoms with van der Waals surface area (Å²) in [5.74, 6) is 0.689. The van der Waals surface area contributed by atoms with Crippen LogP contribution in [-0.2, 0) is 14.3 Å². The maximum atomic E-state index is 14.3. The minimum atomic E-state index is -0.905. The Kier molecular flexibility index (Phi) is 13.5. The Bertz CT molecular complexity index is 1150. The molecule has 2 aromatic rings. The van der Waals surface area contributed by atoms with E-state index in [1.54, 1.807) is 68.8 Å². The second-order valence-electron chi connectivity index (χ2n) is 11.2. The highest BCUT2D eigenvalue weighted by Gasteiger charge is 2.36. The molecule has 0 aliphatic carbocycles. The molecule has 0 radical (unpaired) electrons. The second-order valence-corrected chi connectivity index (χ2v) is 12.2. The van der Waals surface area contributed by atoms with E-state index in [0.29, 0.717) is 35.7 Å². The topological polar surface area (TPSA) is 97.0 Å². The maximum absolute atomic E-state index is 14.3. The molecule has 0 saturated carbocycles. The van der Waals surface area contributed by atoms with E-state index in [1.165, 1.54) is 0 Å². The third-order valence-electron chi connectivity index (χ3n) is 6.65. The van der Waals surface area contributed by atoms with Crippen molar-refractivity contribution in [3.05, 3.63) is 59.2 Å². The number of hydrogen-bond donors (Lipinski definition) is 2. The van der Waals surface area contributed by atoms with Gasteiger partial charge >= 0.3 is 6.09 Å². The van der Waals surface area contributed by atoms with Crippen LogP contribution >= 0.6 is 11.8 Å². The van der Waals surface area contributed by atoms with Gasteiger partial charge in [0.15, 0.2) is 0 Å². The lowest BCUT2D eigenvalue weighted by Crippen LogP contribution is -2.52. The molecule has 0 aliphatic rings. The first-order valence-corrected chi connectivity index (χ1v) is 15.6. The summed E-state index contributed by atoms with van der Waals surface area (Å²) >= 11 is 1.59. The zero-order valence-corrected chi connectivity index (χ0v) is 26.7. The first-order valence-electron chi connectivity index (χ1n) is 14.2. The molecule has 0 aromatic heterocycles. The molecule has 2 unspecified atom stereocenters.